The van der Waals surface area contributed by atoms with Crippen LogP contribution < -0.4 is 15.6 Å². The van der Waals surface area contributed by atoms with E-state index in [0.717, 1.165) is 28.6 Å². The number of fused-ring (bicyclic) bond motifs is 1. The molecule has 0 spiro atoms. The van der Waals surface area contributed by atoms with Gasteiger partial charge in [-0.05, 0) is 35.7 Å². The molecule has 4 aromatic rings. The number of nitrogens with one attached hydrogen (secondary N) is 1. The number of aromatic hydroxyl groups is 1. The smallest absolute Gasteiger partial charge is 0.262 e. The van der Waals surface area contributed by atoms with Crippen LogP contribution in [0.15, 0.2) is 82.7 Å². The van der Waals surface area contributed by atoms with Gasteiger partial charge in [0.25, 0.3) is 5.56 Å². The first kappa shape index (κ1) is 20.5. The predicted octanol–water partition coefficient (Wildman–Crippen LogP) is 3.83. The number of carbonyl (C=O) groups is 1. The number of carbonyl (C=O) groups excluding carboxylic acids is 1. The number of nitrogens with zero attached hydrogens (tertiary/aromatic N) is 2. The van der Waals surface area contributed by atoms with E-state index < -0.39 is 11.4 Å². The zero-order valence-electron chi connectivity index (χ0n) is 16.6. The summed E-state index contributed by atoms with van der Waals surface area (Å²) in [7, 11) is 1.55. The second-order valence-corrected chi connectivity index (χ2v) is 7.57. The molecule has 8 heteroatoms. The van der Waals surface area contributed by atoms with E-state index in [-0.39, 0.29) is 16.8 Å². The average Bonchev–Trinajstić information content (AvgIpc) is 2.78. The molecule has 0 aliphatic heterocycles. The summed E-state index contributed by atoms with van der Waals surface area (Å²) in [5.74, 6) is 0.00841. The third-order valence-electron chi connectivity index (χ3n) is 4.60. The highest BCUT2D eigenvalue weighted by Crippen LogP contribution is 2.25. The van der Waals surface area contributed by atoms with Crippen LogP contribution in [0.2, 0.25) is 0 Å². The monoisotopic (exact) mass is 433 g/mol. The zero-order valence-corrected chi connectivity index (χ0v) is 17.4. The molecule has 4 rings (SSSR count). The Kier molecular flexibility index (Phi) is 5.90. The number of amides is 1. The van der Waals surface area contributed by atoms with Crippen LogP contribution in [-0.4, -0.2) is 33.4 Å². The Balaban J connectivity index is 1.56. The summed E-state index contributed by atoms with van der Waals surface area (Å²) in [6.07, 6.45) is 0. The predicted molar refractivity (Wildman–Crippen MR) is 121 cm³/mol. The van der Waals surface area contributed by atoms with E-state index in [1.54, 1.807) is 31.4 Å². The van der Waals surface area contributed by atoms with Crippen molar-refractivity contribution in [3.63, 3.8) is 0 Å². The van der Waals surface area contributed by atoms with Crippen LogP contribution in [0.4, 0.5) is 5.69 Å². The molecule has 2 N–H and O–H groups in total. The summed E-state index contributed by atoms with van der Waals surface area (Å²) in [6.45, 7) is 0. The lowest BCUT2D eigenvalue weighted by Gasteiger charge is -2.13. The molecule has 0 aliphatic rings. The number of rotatable bonds is 6. The van der Waals surface area contributed by atoms with E-state index >= 15 is 0 Å². The summed E-state index contributed by atoms with van der Waals surface area (Å²) < 4.78 is 6.49. The Hall–Kier alpha value is -3.78. The van der Waals surface area contributed by atoms with Crippen molar-refractivity contribution in [2.75, 3.05) is 18.2 Å². The van der Waals surface area contributed by atoms with Gasteiger partial charge in [0.05, 0.1) is 24.6 Å². The molecule has 0 fully saturated rings. The molecule has 0 bridgehead atoms. The highest BCUT2D eigenvalue weighted by atomic mass is 32.2. The van der Waals surface area contributed by atoms with Gasteiger partial charge in [0, 0.05) is 11.1 Å². The van der Waals surface area contributed by atoms with Crippen LogP contribution in [0.3, 0.4) is 0 Å². The SMILES string of the molecule is COc1ccc(-n2c(SCC(=O)Nc3cccc4ccccc34)nc(O)cc2=O)cc1. The molecule has 0 aliphatic carbocycles. The fourth-order valence-corrected chi connectivity index (χ4v) is 3.98. The molecule has 31 heavy (non-hydrogen) atoms. The first-order valence-electron chi connectivity index (χ1n) is 9.43. The molecule has 0 saturated heterocycles. The highest BCUT2D eigenvalue weighted by Gasteiger charge is 2.14. The maximum atomic E-state index is 12.6. The highest BCUT2D eigenvalue weighted by molar-refractivity contribution is 7.99. The third-order valence-corrected chi connectivity index (χ3v) is 5.54. The van der Waals surface area contributed by atoms with Crippen LogP contribution in [0, 0.1) is 0 Å². The number of thioether (sulfide) groups is 1. The molecule has 156 valence electrons. The molecule has 1 heterocycles. The third kappa shape index (κ3) is 4.54. The normalized spacial score (nSPS) is 10.7. The maximum absolute atomic E-state index is 12.6. The summed E-state index contributed by atoms with van der Waals surface area (Å²) in [4.78, 5) is 29.2. The van der Waals surface area contributed by atoms with Gasteiger partial charge < -0.3 is 15.2 Å². The zero-order chi connectivity index (χ0) is 21.8. The lowest BCUT2D eigenvalue weighted by atomic mass is 10.1. The van der Waals surface area contributed by atoms with Gasteiger partial charge in [-0.2, -0.15) is 4.98 Å². The van der Waals surface area contributed by atoms with Crippen LogP contribution in [0.1, 0.15) is 0 Å². The van der Waals surface area contributed by atoms with Crippen molar-refractivity contribution in [3.8, 4) is 17.3 Å². The van der Waals surface area contributed by atoms with Crippen molar-refractivity contribution in [1.82, 2.24) is 9.55 Å². The standard InChI is InChI=1S/C23H19N3O4S/c1-30-17-11-9-16(10-12-17)26-22(29)13-20(27)25-23(26)31-14-21(28)24-19-8-4-6-15-5-2-3-7-18(15)19/h2-13,27H,14H2,1H3,(H,24,28). The number of aromatic nitrogens is 2. The number of hydrogen-bond donors (Lipinski definition) is 2. The summed E-state index contributed by atoms with van der Waals surface area (Å²) in [5, 5.41) is 14.9. The first-order chi connectivity index (χ1) is 15.0. The Labute approximate surface area is 182 Å². The minimum atomic E-state index is -0.449. The van der Waals surface area contributed by atoms with Gasteiger partial charge in [-0.1, -0.05) is 48.2 Å². The fourth-order valence-electron chi connectivity index (χ4n) is 3.17. The number of anilines is 1. The number of ether oxygens (including phenoxy) is 1. The van der Waals surface area contributed by atoms with Crippen molar-refractivity contribution in [1.29, 1.82) is 0 Å². The van der Waals surface area contributed by atoms with Crippen molar-refractivity contribution >= 4 is 34.1 Å². The minimum absolute atomic E-state index is 0.00920. The van der Waals surface area contributed by atoms with Crippen molar-refractivity contribution in [2.45, 2.75) is 5.16 Å². The quantitative estimate of drug-likeness (QED) is 0.355. The Bertz CT molecular complexity index is 1300. The van der Waals surface area contributed by atoms with Gasteiger partial charge in [-0.15, -0.1) is 0 Å². The van der Waals surface area contributed by atoms with Crippen molar-refractivity contribution in [3.05, 3.63) is 83.2 Å². The summed E-state index contributed by atoms with van der Waals surface area (Å²) >= 11 is 1.06. The lowest BCUT2D eigenvalue weighted by molar-refractivity contribution is -0.113. The van der Waals surface area contributed by atoms with Crippen LogP contribution in [-0.2, 0) is 4.79 Å². The summed E-state index contributed by atoms with van der Waals surface area (Å²) in [6, 6.07) is 21.3. The molecule has 0 atom stereocenters. The Morgan fingerprint density at radius 2 is 1.84 bits per heavy atom. The van der Waals surface area contributed by atoms with E-state index in [1.807, 2.05) is 42.5 Å². The Morgan fingerprint density at radius 3 is 2.61 bits per heavy atom. The van der Waals surface area contributed by atoms with Crippen LogP contribution in [0.25, 0.3) is 16.5 Å². The molecular formula is C23H19N3O4S. The number of methoxy groups -OCH3 is 1. The largest absolute Gasteiger partial charge is 0.497 e. The van der Waals surface area contributed by atoms with Gasteiger partial charge in [0.2, 0.25) is 11.8 Å². The van der Waals surface area contributed by atoms with E-state index in [9.17, 15) is 14.7 Å². The topological polar surface area (TPSA) is 93.4 Å². The first-order valence-corrected chi connectivity index (χ1v) is 10.4. The Morgan fingerprint density at radius 1 is 1.10 bits per heavy atom. The maximum Gasteiger partial charge on any atom is 0.262 e. The number of benzene rings is 3. The molecule has 1 amide bonds. The molecule has 3 aromatic carbocycles. The van der Waals surface area contributed by atoms with Crippen LogP contribution in [0.5, 0.6) is 11.6 Å². The van der Waals surface area contributed by atoms with Gasteiger partial charge in [0.15, 0.2) is 5.16 Å². The van der Waals surface area contributed by atoms with E-state index in [2.05, 4.69) is 10.3 Å². The van der Waals surface area contributed by atoms with Crippen molar-refractivity contribution < 1.29 is 14.6 Å². The molecule has 7 nitrogen and oxygen atoms in total. The molecule has 0 unspecified atom stereocenters. The van der Waals surface area contributed by atoms with Gasteiger partial charge >= 0.3 is 0 Å². The van der Waals surface area contributed by atoms with Gasteiger partial charge in [0.1, 0.15) is 5.75 Å². The summed E-state index contributed by atoms with van der Waals surface area (Å²) in [5.41, 5.74) is 0.810. The minimum Gasteiger partial charge on any atom is -0.497 e. The van der Waals surface area contributed by atoms with E-state index in [1.165, 1.54) is 4.57 Å². The molecule has 0 radical (unpaired) electrons. The van der Waals surface area contributed by atoms with E-state index in [0.29, 0.717) is 17.1 Å². The number of hydrogen-bond acceptors (Lipinski definition) is 6. The fraction of sp³-hybridized carbons (Fsp3) is 0.0870. The van der Waals surface area contributed by atoms with Gasteiger partial charge in [-0.25, -0.2) is 0 Å². The molecular weight excluding hydrogens is 414 g/mol. The lowest BCUT2D eigenvalue weighted by Crippen LogP contribution is -2.21. The van der Waals surface area contributed by atoms with Gasteiger partial charge in [-0.3, -0.25) is 14.2 Å². The van der Waals surface area contributed by atoms with Crippen LogP contribution >= 0.6 is 11.8 Å². The van der Waals surface area contributed by atoms with E-state index in [4.69, 9.17) is 4.74 Å². The average molecular weight is 433 g/mol. The molecule has 0 saturated carbocycles. The van der Waals surface area contributed by atoms with Crippen molar-refractivity contribution in [2.24, 2.45) is 0 Å². The molecule has 1 aromatic heterocycles. The second-order valence-electron chi connectivity index (χ2n) is 6.63. The second kappa shape index (κ2) is 8.93.